The van der Waals surface area contributed by atoms with Crippen molar-refractivity contribution >= 4 is 22.9 Å². The molecule has 0 aliphatic rings. The van der Waals surface area contributed by atoms with Crippen molar-refractivity contribution in [3.8, 4) is 22.2 Å². The van der Waals surface area contributed by atoms with Gasteiger partial charge in [0.05, 0.1) is 16.1 Å². The highest BCUT2D eigenvalue weighted by Gasteiger charge is 2.15. The summed E-state index contributed by atoms with van der Waals surface area (Å²) >= 11 is 1.55. The van der Waals surface area contributed by atoms with E-state index in [2.05, 4.69) is 15.5 Å². The molecular formula is C16H15N3O2S. The van der Waals surface area contributed by atoms with Crippen LogP contribution in [0.15, 0.2) is 46.3 Å². The Balaban J connectivity index is 1.90. The topological polar surface area (TPSA) is 68.0 Å². The average molecular weight is 313 g/mol. The lowest BCUT2D eigenvalue weighted by Gasteiger charge is -2.07. The smallest absolute Gasteiger partial charge is 0.260 e. The van der Waals surface area contributed by atoms with Gasteiger partial charge in [-0.15, -0.1) is 11.3 Å². The molecule has 5 nitrogen and oxygen atoms in total. The summed E-state index contributed by atoms with van der Waals surface area (Å²) in [6, 6.07) is 11.3. The van der Waals surface area contributed by atoms with E-state index in [4.69, 9.17) is 4.52 Å². The van der Waals surface area contributed by atoms with Gasteiger partial charge < -0.3 is 9.84 Å². The molecule has 0 aliphatic heterocycles. The zero-order chi connectivity index (χ0) is 15.4. The maximum absolute atomic E-state index is 11.8. The normalized spacial score (nSPS) is 10.6. The average Bonchev–Trinajstić information content (AvgIpc) is 3.19. The Kier molecular flexibility index (Phi) is 4.29. The monoisotopic (exact) mass is 313 g/mol. The van der Waals surface area contributed by atoms with Crippen LogP contribution < -0.4 is 5.32 Å². The minimum Gasteiger partial charge on any atom is -0.334 e. The van der Waals surface area contributed by atoms with Crippen molar-refractivity contribution in [2.45, 2.75) is 19.8 Å². The molecule has 0 saturated carbocycles. The minimum absolute atomic E-state index is 0.0204. The first-order chi connectivity index (χ1) is 10.8. The first kappa shape index (κ1) is 14.5. The Morgan fingerprint density at radius 2 is 2.14 bits per heavy atom. The molecule has 112 valence electrons. The number of rotatable bonds is 5. The van der Waals surface area contributed by atoms with E-state index in [1.807, 2.05) is 48.7 Å². The van der Waals surface area contributed by atoms with E-state index < -0.39 is 0 Å². The fraction of sp³-hybridized carbons (Fsp3) is 0.188. The Hall–Kier alpha value is -2.47. The van der Waals surface area contributed by atoms with Crippen LogP contribution in [0.25, 0.3) is 22.2 Å². The van der Waals surface area contributed by atoms with Crippen LogP contribution >= 0.6 is 11.3 Å². The number of nitrogens with one attached hydrogen (secondary N) is 1. The second-order valence-corrected chi connectivity index (χ2v) is 5.69. The molecule has 3 rings (SSSR count). The van der Waals surface area contributed by atoms with Gasteiger partial charge in [0, 0.05) is 6.42 Å². The summed E-state index contributed by atoms with van der Waals surface area (Å²) in [5.41, 5.74) is 1.41. The summed E-state index contributed by atoms with van der Waals surface area (Å²) in [6.45, 7) is 1.97. The van der Waals surface area contributed by atoms with E-state index >= 15 is 0 Å². The highest BCUT2D eigenvalue weighted by Crippen LogP contribution is 2.29. The summed E-state index contributed by atoms with van der Waals surface area (Å²) in [5.74, 6) is 0.934. The van der Waals surface area contributed by atoms with E-state index in [-0.39, 0.29) is 5.91 Å². The predicted octanol–water partition coefficient (Wildman–Crippen LogP) is 4.20. The quantitative estimate of drug-likeness (QED) is 0.766. The number of carbonyl (C=O) groups excluding carboxylic acids is 1. The lowest BCUT2D eigenvalue weighted by Crippen LogP contribution is -2.11. The number of hydrogen-bond donors (Lipinski definition) is 1. The van der Waals surface area contributed by atoms with Gasteiger partial charge in [-0.3, -0.25) is 4.79 Å². The second-order valence-electron chi connectivity index (χ2n) is 4.74. The highest BCUT2D eigenvalue weighted by molar-refractivity contribution is 7.13. The second kappa shape index (κ2) is 6.53. The van der Waals surface area contributed by atoms with Crippen LogP contribution in [0.3, 0.4) is 0 Å². The van der Waals surface area contributed by atoms with Gasteiger partial charge in [-0.1, -0.05) is 30.3 Å². The Morgan fingerprint density at radius 3 is 2.91 bits per heavy atom. The predicted molar refractivity (Wildman–Crippen MR) is 86.6 cm³/mol. The highest BCUT2D eigenvalue weighted by atomic mass is 32.1. The number of thiophene rings is 1. The van der Waals surface area contributed by atoms with Gasteiger partial charge in [0.1, 0.15) is 0 Å². The van der Waals surface area contributed by atoms with Crippen LogP contribution in [0.4, 0.5) is 5.69 Å². The summed E-state index contributed by atoms with van der Waals surface area (Å²) < 4.78 is 5.35. The van der Waals surface area contributed by atoms with E-state index in [1.54, 1.807) is 11.3 Å². The van der Waals surface area contributed by atoms with Crippen molar-refractivity contribution < 1.29 is 9.32 Å². The number of para-hydroxylation sites is 1. The number of nitrogens with zero attached hydrogens (tertiary/aromatic N) is 2. The van der Waals surface area contributed by atoms with Gasteiger partial charge in [-0.05, 0) is 30.0 Å². The molecule has 0 unspecified atom stereocenters. The third-order valence-electron chi connectivity index (χ3n) is 3.08. The van der Waals surface area contributed by atoms with Gasteiger partial charge in [0.2, 0.25) is 11.7 Å². The van der Waals surface area contributed by atoms with E-state index in [0.29, 0.717) is 23.8 Å². The number of amides is 1. The Morgan fingerprint density at radius 1 is 1.27 bits per heavy atom. The van der Waals surface area contributed by atoms with Crippen LogP contribution in [0.2, 0.25) is 0 Å². The van der Waals surface area contributed by atoms with Crippen LogP contribution in [0.1, 0.15) is 19.8 Å². The molecule has 0 saturated heterocycles. The van der Waals surface area contributed by atoms with Gasteiger partial charge in [-0.25, -0.2) is 0 Å². The molecule has 22 heavy (non-hydrogen) atoms. The van der Waals surface area contributed by atoms with Crippen LogP contribution in [0, 0.1) is 0 Å². The SMILES string of the molecule is CCCC(=O)Nc1ccccc1-c1nc(-c2cccs2)no1. The van der Waals surface area contributed by atoms with Crippen molar-refractivity contribution in [1.82, 2.24) is 10.1 Å². The van der Waals surface area contributed by atoms with Crippen molar-refractivity contribution in [3.63, 3.8) is 0 Å². The largest absolute Gasteiger partial charge is 0.334 e. The molecule has 1 N–H and O–H groups in total. The lowest BCUT2D eigenvalue weighted by atomic mass is 10.1. The molecule has 1 amide bonds. The number of carbonyl (C=O) groups is 1. The Bertz CT molecular complexity index is 765. The molecular weight excluding hydrogens is 298 g/mol. The van der Waals surface area contributed by atoms with Gasteiger partial charge >= 0.3 is 0 Å². The molecule has 2 heterocycles. The molecule has 0 atom stereocenters. The van der Waals surface area contributed by atoms with Crippen molar-refractivity contribution in [2.75, 3.05) is 5.32 Å². The number of benzene rings is 1. The number of hydrogen-bond acceptors (Lipinski definition) is 5. The van der Waals surface area contributed by atoms with E-state index in [1.165, 1.54) is 0 Å². The first-order valence-corrected chi connectivity index (χ1v) is 7.92. The fourth-order valence-corrected chi connectivity index (χ4v) is 2.71. The molecule has 1 aromatic carbocycles. The van der Waals surface area contributed by atoms with E-state index in [0.717, 1.165) is 16.9 Å². The molecule has 0 spiro atoms. The summed E-state index contributed by atoms with van der Waals surface area (Å²) in [5, 5.41) is 8.86. The number of aromatic nitrogens is 2. The van der Waals surface area contributed by atoms with Crippen molar-refractivity contribution in [1.29, 1.82) is 0 Å². The third kappa shape index (κ3) is 3.07. The van der Waals surface area contributed by atoms with Crippen LogP contribution in [0.5, 0.6) is 0 Å². The van der Waals surface area contributed by atoms with Gasteiger partial charge in [-0.2, -0.15) is 4.98 Å². The lowest BCUT2D eigenvalue weighted by molar-refractivity contribution is -0.116. The molecule has 0 radical (unpaired) electrons. The molecule has 0 bridgehead atoms. The van der Waals surface area contributed by atoms with Crippen molar-refractivity contribution in [2.24, 2.45) is 0 Å². The zero-order valence-electron chi connectivity index (χ0n) is 12.1. The molecule has 2 aromatic heterocycles. The van der Waals surface area contributed by atoms with Crippen molar-refractivity contribution in [3.05, 3.63) is 41.8 Å². The Labute approximate surface area is 132 Å². The number of anilines is 1. The molecule has 0 aliphatic carbocycles. The summed E-state index contributed by atoms with van der Waals surface area (Å²) in [4.78, 5) is 17.2. The molecule has 0 fully saturated rings. The summed E-state index contributed by atoms with van der Waals surface area (Å²) in [6.07, 6.45) is 1.29. The maximum Gasteiger partial charge on any atom is 0.260 e. The fourth-order valence-electron chi connectivity index (χ4n) is 2.06. The maximum atomic E-state index is 11.8. The van der Waals surface area contributed by atoms with Crippen LogP contribution in [-0.4, -0.2) is 16.0 Å². The van der Waals surface area contributed by atoms with E-state index in [9.17, 15) is 4.79 Å². The van der Waals surface area contributed by atoms with Crippen LogP contribution in [-0.2, 0) is 4.79 Å². The molecule has 6 heteroatoms. The summed E-state index contributed by atoms with van der Waals surface area (Å²) in [7, 11) is 0. The molecule has 3 aromatic rings. The van der Waals surface area contributed by atoms with Gasteiger partial charge in [0.15, 0.2) is 0 Å². The zero-order valence-corrected chi connectivity index (χ0v) is 12.9. The minimum atomic E-state index is -0.0204. The van der Waals surface area contributed by atoms with Gasteiger partial charge in [0.25, 0.3) is 5.89 Å². The third-order valence-corrected chi connectivity index (χ3v) is 3.94. The standard InChI is InChI=1S/C16H15N3O2S/c1-2-6-14(20)17-12-8-4-3-7-11(12)16-18-15(19-21-16)13-9-5-10-22-13/h3-5,7-10H,2,6H2,1H3,(H,17,20). The first-order valence-electron chi connectivity index (χ1n) is 7.04.